The van der Waals surface area contributed by atoms with Gasteiger partial charge in [-0.05, 0) is 64.9 Å². The van der Waals surface area contributed by atoms with Crippen LogP contribution in [0.5, 0.6) is 5.75 Å². The van der Waals surface area contributed by atoms with Gasteiger partial charge in [0.25, 0.3) is 0 Å². The van der Waals surface area contributed by atoms with Crippen LogP contribution in [0.25, 0.3) is 0 Å². The Morgan fingerprint density at radius 3 is 2.53 bits per heavy atom. The van der Waals surface area contributed by atoms with E-state index in [1.807, 2.05) is 19.1 Å². The van der Waals surface area contributed by atoms with Crippen LogP contribution in [-0.4, -0.2) is 0 Å². The summed E-state index contributed by atoms with van der Waals surface area (Å²) in [7, 11) is 0. The number of benzene rings is 2. The van der Waals surface area contributed by atoms with E-state index in [0.29, 0.717) is 13.2 Å². The molecule has 0 unspecified atom stereocenters. The molecule has 2 rings (SSSR count). The SMILES string of the molecule is Cc1cc(Br)cc(CN)c1OCc1ccc(I)cc1. The maximum Gasteiger partial charge on any atom is 0.127 e. The largest absolute Gasteiger partial charge is 0.488 e. The van der Waals surface area contributed by atoms with Crippen molar-refractivity contribution in [2.45, 2.75) is 20.1 Å². The molecule has 0 aromatic heterocycles. The Hall–Kier alpha value is -0.590. The van der Waals surface area contributed by atoms with E-state index >= 15 is 0 Å². The van der Waals surface area contributed by atoms with Gasteiger partial charge in [0.15, 0.2) is 0 Å². The standard InChI is InChI=1S/C15H15BrINO/c1-10-6-13(16)7-12(8-18)15(10)19-9-11-2-4-14(17)5-3-11/h2-7H,8-9,18H2,1H3. The average Bonchev–Trinajstić information content (AvgIpc) is 2.39. The molecule has 19 heavy (non-hydrogen) atoms. The number of aryl methyl sites for hydroxylation is 1. The molecule has 2 aromatic carbocycles. The molecular formula is C15H15BrINO. The van der Waals surface area contributed by atoms with Crippen LogP contribution in [-0.2, 0) is 13.2 Å². The third-order valence-electron chi connectivity index (χ3n) is 2.83. The predicted molar refractivity (Wildman–Crippen MR) is 90.3 cm³/mol. The van der Waals surface area contributed by atoms with Crippen molar-refractivity contribution in [3.8, 4) is 5.75 Å². The number of nitrogens with two attached hydrogens (primary N) is 1. The second kappa shape index (κ2) is 6.72. The van der Waals surface area contributed by atoms with Gasteiger partial charge in [-0.25, -0.2) is 0 Å². The fourth-order valence-electron chi connectivity index (χ4n) is 1.89. The van der Waals surface area contributed by atoms with Gasteiger partial charge in [-0.3, -0.25) is 0 Å². The minimum Gasteiger partial charge on any atom is -0.488 e. The predicted octanol–water partition coefficient (Wildman–Crippen LogP) is 4.40. The normalized spacial score (nSPS) is 10.5. The number of hydrogen-bond acceptors (Lipinski definition) is 2. The maximum absolute atomic E-state index is 5.94. The Morgan fingerprint density at radius 2 is 1.89 bits per heavy atom. The summed E-state index contributed by atoms with van der Waals surface area (Å²) in [6, 6.07) is 12.4. The van der Waals surface area contributed by atoms with Gasteiger partial charge in [-0.2, -0.15) is 0 Å². The fourth-order valence-corrected chi connectivity index (χ4v) is 2.87. The van der Waals surface area contributed by atoms with Crippen molar-refractivity contribution < 1.29 is 4.74 Å². The fraction of sp³-hybridized carbons (Fsp3) is 0.200. The van der Waals surface area contributed by atoms with Crippen LogP contribution in [0.1, 0.15) is 16.7 Å². The van der Waals surface area contributed by atoms with Crippen LogP contribution < -0.4 is 10.5 Å². The Kier molecular flexibility index (Phi) is 5.24. The number of ether oxygens (including phenoxy) is 1. The zero-order valence-corrected chi connectivity index (χ0v) is 14.4. The molecule has 0 aliphatic rings. The summed E-state index contributed by atoms with van der Waals surface area (Å²) in [6.07, 6.45) is 0. The summed E-state index contributed by atoms with van der Waals surface area (Å²) >= 11 is 5.77. The first-order chi connectivity index (χ1) is 9.10. The van der Waals surface area contributed by atoms with E-state index in [1.54, 1.807) is 0 Å². The van der Waals surface area contributed by atoms with Gasteiger partial charge >= 0.3 is 0 Å². The van der Waals surface area contributed by atoms with Crippen molar-refractivity contribution in [3.05, 3.63) is 61.1 Å². The highest BCUT2D eigenvalue weighted by Gasteiger charge is 2.08. The molecule has 4 heteroatoms. The van der Waals surface area contributed by atoms with Crippen LogP contribution in [0.2, 0.25) is 0 Å². The Morgan fingerprint density at radius 1 is 1.21 bits per heavy atom. The summed E-state index contributed by atoms with van der Waals surface area (Å²) in [5, 5.41) is 0. The van der Waals surface area contributed by atoms with Crippen LogP contribution in [0, 0.1) is 10.5 Å². The Balaban J connectivity index is 2.17. The second-order valence-corrected chi connectivity index (χ2v) is 6.49. The summed E-state index contributed by atoms with van der Waals surface area (Å²) in [5.74, 6) is 0.893. The number of halogens is 2. The summed E-state index contributed by atoms with van der Waals surface area (Å²) in [4.78, 5) is 0. The van der Waals surface area contributed by atoms with Crippen molar-refractivity contribution in [3.63, 3.8) is 0 Å². The van der Waals surface area contributed by atoms with Gasteiger partial charge in [0.2, 0.25) is 0 Å². The molecule has 2 nitrogen and oxygen atoms in total. The van der Waals surface area contributed by atoms with E-state index in [9.17, 15) is 0 Å². The van der Waals surface area contributed by atoms with E-state index in [4.69, 9.17) is 10.5 Å². The van der Waals surface area contributed by atoms with Gasteiger partial charge in [0, 0.05) is 20.2 Å². The van der Waals surface area contributed by atoms with Gasteiger partial charge in [-0.1, -0.05) is 28.1 Å². The summed E-state index contributed by atoms with van der Waals surface area (Å²) < 4.78 is 8.20. The van der Waals surface area contributed by atoms with Gasteiger partial charge < -0.3 is 10.5 Å². The zero-order valence-electron chi connectivity index (χ0n) is 10.6. The lowest BCUT2D eigenvalue weighted by atomic mass is 10.1. The quantitative estimate of drug-likeness (QED) is 0.728. The maximum atomic E-state index is 5.94. The molecule has 0 bridgehead atoms. The Labute approximate surface area is 135 Å². The van der Waals surface area contributed by atoms with E-state index < -0.39 is 0 Å². The highest BCUT2D eigenvalue weighted by atomic mass is 127. The van der Waals surface area contributed by atoms with Crippen LogP contribution in [0.4, 0.5) is 0 Å². The highest BCUT2D eigenvalue weighted by Crippen LogP contribution is 2.28. The lowest BCUT2D eigenvalue weighted by molar-refractivity contribution is 0.301. The molecule has 0 spiro atoms. The van der Waals surface area contributed by atoms with Gasteiger partial charge in [-0.15, -0.1) is 0 Å². The lowest BCUT2D eigenvalue weighted by Gasteiger charge is -2.14. The third kappa shape index (κ3) is 3.94. The smallest absolute Gasteiger partial charge is 0.127 e. The molecule has 0 aliphatic carbocycles. The van der Waals surface area contributed by atoms with Crippen molar-refractivity contribution in [1.29, 1.82) is 0 Å². The third-order valence-corrected chi connectivity index (χ3v) is 4.01. The van der Waals surface area contributed by atoms with Crippen molar-refractivity contribution in [2.75, 3.05) is 0 Å². The van der Waals surface area contributed by atoms with E-state index in [0.717, 1.165) is 26.9 Å². The van der Waals surface area contributed by atoms with E-state index in [-0.39, 0.29) is 0 Å². The first kappa shape index (κ1) is 14.8. The van der Waals surface area contributed by atoms with Crippen molar-refractivity contribution in [2.24, 2.45) is 5.73 Å². The molecule has 0 heterocycles. The van der Waals surface area contributed by atoms with Crippen LogP contribution in [0.15, 0.2) is 40.9 Å². The minimum atomic E-state index is 0.475. The molecule has 0 atom stereocenters. The number of hydrogen-bond donors (Lipinski definition) is 1. The van der Waals surface area contributed by atoms with E-state index in [1.165, 1.54) is 3.57 Å². The molecular weight excluding hydrogens is 417 g/mol. The lowest BCUT2D eigenvalue weighted by Crippen LogP contribution is -2.04. The Bertz CT molecular complexity index is 569. The first-order valence-electron chi connectivity index (χ1n) is 5.96. The molecule has 0 radical (unpaired) electrons. The number of rotatable bonds is 4. The van der Waals surface area contributed by atoms with Crippen molar-refractivity contribution in [1.82, 2.24) is 0 Å². The molecule has 100 valence electrons. The summed E-state index contributed by atoms with van der Waals surface area (Å²) in [5.41, 5.74) is 9.06. The molecule has 0 fully saturated rings. The summed E-state index contributed by atoms with van der Waals surface area (Å²) in [6.45, 7) is 3.07. The van der Waals surface area contributed by atoms with Gasteiger partial charge in [0.1, 0.15) is 12.4 Å². The molecule has 2 aromatic rings. The van der Waals surface area contributed by atoms with E-state index in [2.05, 4.69) is 62.8 Å². The van der Waals surface area contributed by atoms with Crippen LogP contribution in [0.3, 0.4) is 0 Å². The van der Waals surface area contributed by atoms with Crippen molar-refractivity contribution >= 4 is 38.5 Å². The topological polar surface area (TPSA) is 35.2 Å². The molecule has 0 saturated carbocycles. The molecule has 0 amide bonds. The highest BCUT2D eigenvalue weighted by molar-refractivity contribution is 14.1. The van der Waals surface area contributed by atoms with Crippen LogP contribution >= 0.6 is 38.5 Å². The average molecular weight is 432 g/mol. The monoisotopic (exact) mass is 431 g/mol. The van der Waals surface area contributed by atoms with Gasteiger partial charge in [0.05, 0.1) is 0 Å². The first-order valence-corrected chi connectivity index (χ1v) is 7.83. The zero-order chi connectivity index (χ0) is 13.8. The minimum absolute atomic E-state index is 0.475. The molecule has 2 N–H and O–H groups in total. The molecule has 0 aliphatic heterocycles. The second-order valence-electron chi connectivity index (χ2n) is 4.33. The molecule has 0 saturated heterocycles.